The Morgan fingerprint density at radius 1 is 0.791 bits per heavy atom. The van der Waals surface area contributed by atoms with Crippen molar-refractivity contribution in [2.24, 2.45) is 46.3 Å². The second-order valence-corrected chi connectivity index (χ2v) is 15.9. The van der Waals surface area contributed by atoms with E-state index in [0.29, 0.717) is 24.2 Å². The lowest BCUT2D eigenvalue weighted by Crippen LogP contribution is -2.78. The fourth-order valence-electron chi connectivity index (χ4n) is 11.6. The first kappa shape index (κ1) is 31.2. The molecule has 3 heterocycles. The summed E-state index contributed by atoms with van der Waals surface area (Å²) in [4.78, 5) is 0. The molecule has 0 aromatic carbocycles. The van der Waals surface area contributed by atoms with Crippen molar-refractivity contribution in [1.29, 1.82) is 0 Å². The number of aliphatic hydroxyl groups is 7. The van der Waals surface area contributed by atoms with E-state index in [1.54, 1.807) is 6.92 Å². The van der Waals surface area contributed by atoms with Gasteiger partial charge in [0.25, 0.3) is 0 Å². The molecule has 0 aromatic rings. The highest BCUT2D eigenvalue weighted by molar-refractivity contribution is 5.23. The molecule has 0 radical (unpaired) electrons. The Bertz CT molecular complexity index is 1070. The summed E-state index contributed by atoms with van der Waals surface area (Å²) in [7, 11) is 0. The van der Waals surface area contributed by atoms with E-state index >= 15 is 0 Å². The fraction of sp³-hybridized carbons (Fsp3) is 1.00. The third-order valence-electron chi connectivity index (χ3n) is 14.1. The van der Waals surface area contributed by atoms with Crippen LogP contribution in [-0.2, 0) is 18.9 Å². The molecule has 0 unspecified atom stereocenters. The monoisotopic (exact) mass is 612 g/mol. The lowest BCUT2D eigenvalue weighted by atomic mass is 9.41. The molecule has 11 nitrogen and oxygen atoms in total. The van der Waals surface area contributed by atoms with Crippen LogP contribution >= 0.6 is 0 Å². The van der Waals surface area contributed by atoms with Crippen LogP contribution in [0.2, 0.25) is 0 Å². The second kappa shape index (κ2) is 10.3. The van der Waals surface area contributed by atoms with Crippen molar-refractivity contribution >= 4 is 0 Å². The molecule has 11 heteroatoms. The van der Waals surface area contributed by atoms with Gasteiger partial charge in [-0.3, -0.25) is 0 Å². The minimum atomic E-state index is -1.75. The molecule has 0 bridgehead atoms. The molecule has 19 atom stereocenters. The Morgan fingerprint density at radius 2 is 1.53 bits per heavy atom. The van der Waals surface area contributed by atoms with Crippen molar-refractivity contribution in [3.63, 3.8) is 0 Å². The number of hydrogen-bond donors (Lipinski definition) is 7. The molecule has 0 aromatic heterocycles. The fourth-order valence-corrected chi connectivity index (χ4v) is 11.6. The van der Waals surface area contributed by atoms with Gasteiger partial charge in [0, 0.05) is 17.8 Å². The number of aliphatic hydroxyl groups excluding tert-OH is 6. The van der Waals surface area contributed by atoms with Crippen molar-refractivity contribution in [1.82, 2.24) is 0 Å². The predicted octanol–water partition coefficient (Wildman–Crippen LogP) is 0.284. The molecule has 246 valence electrons. The van der Waals surface area contributed by atoms with E-state index in [-0.39, 0.29) is 42.3 Å². The van der Waals surface area contributed by atoms with E-state index in [9.17, 15) is 35.7 Å². The van der Waals surface area contributed by atoms with Crippen LogP contribution in [-0.4, -0.2) is 115 Å². The number of hydrogen-bond acceptors (Lipinski definition) is 11. The molecule has 4 saturated carbocycles. The summed E-state index contributed by atoms with van der Waals surface area (Å²) in [5, 5.41) is 77.1. The van der Waals surface area contributed by atoms with Crippen LogP contribution in [0.3, 0.4) is 0 Å². The van der Waals surface area contributed by atoms with Crippen molar-refractivity contribution in [3.8, 4) is 0 Å². The van der Waals surface area contributed by atoms with Gasteiger partial charge in [-0.25, -0.2) is 0 Å². The topological polar surface area (TPSA) is 179 Å². The van der Waals surface area contributed by atoms with E-state index in [1.165, 1.54) is 0 Å². The highest BCUT2D eigenvalue weighted by Gasteiger charge is 2.75. The molecule has 43 heavy (non-hydrogen) atoms. The highest BCUT2D eigenvalue weighted by atomic mass is 16.7. The van der Waals surface area contributed by atoms with E-state index in [1.807, 2.05) is 0 Å². The van der Waals surface area contributed by atoms with Crippen molar-refractivity contribution in [2.45, 2.75) is 139 Å². The second-order valence-electron chi connectivity index (χ2n) is 15.9. The molecular formula is C32H52O11. The van der Waals surface area contributed by atoms with Gasteiger partial charge in [-0.1, -0.05) is 27.7 Å². The molecule has 7 fully saturated rings. The quantitative estimate of drug-likeness (QED) is 0.228. The first-order valence-electron chi connectivity index (χ1n) is 16.6. The first-order valence-corrected chi connectivity index (χ1v) is 16.6. The van der Waals surface area contributed by atoms with Crippen LogP contribution in [0.5, 0.6) is 0 Å². The van der Waals surface area contributed by atoms with Gasteiger partial charge in [0.1, 0.15) is 42.2 Å². The van der Waals surface area contributed by atoms with Crippen molar-refractivity contribution < 1.29 is 54.7 Å². The van der Waals surface area contributed by atoms with E-state index in [2.05, 4.69) is 20.8 Å². The van der Waals surface area contributed by atoms with Gasteiger partial charge in [-0.15, -0.1) is 0 Å². The van der Waals surface area contributed by atoms with Crippen LogP contribution in [0.1, 0.15) is 72.6 Å². The van der Waals surface area contributed by atoms with E-state index < -0.39 is 65.8 Å². The van der Waals surface area contributed by atoms with Crippen LogP contribution in [0.15, 0.2) is 0 Å². The number of rotatable bonds is 2. The molecule has 7 aliphatic rings. The van der Waals surface area contributed by atoms with Crippen LogP contribution in [0.25, 0.3) is 0 Å². The maximum absolute atomic E-state index is 12.5. The molecule has 7 N–H and O–H groups in total. The number of fused-ring (bicyclic) bond motifs is 7. The van der Waals surface area contributed by atoms with E-state index in [0.717, 1.165) is 38.7 Å². The highest BCUT2D eigenvalue weighted by Crippen LogP contribution is 2.72. The van der Waals surface area contributed by atoms with Crippen LogP contribution in [0, 0.1) is 46.3 Å². The summed E-state index contributed by atoms with van der Waals surface area (Å²) in [6, 6.07) is 0. The Kier molecular flexibility index (Phi) is 7.45. The number of ether oxygens (including phenoxy) is 4. The summed E-state index contributed by atoms with van der Waals surface area (Å²) in [6.45, 7) is 9.15. The zero-order valence-electron chi connectivity index (χ0n) is 25.8. The van der Waals surface area contributed by atoms with Crippen molar-refractivity contribution in [3.05, 3.63) is 0 Å². The normalized spacial score (nSPS) is 63.3. The third kappa shape index (κ3) is 4.06. The van der Waals surface area contributed by atoms with Crippen molar-refractivity contribution in [2.75, 3.05) is 13.2 Å². The van der Waals surface area contributed by atoms with Gasteiger partial charge >= 0.3 is 0 Å². The molecule has 3 saturated heterocycles. The summed E-state index contributed by atoms with van der Waals surface area (Å²) >= 11 is 0. The SMILES string of the molecule is C[C@@H]1CC[C@@]2(OC1)O[C@H]1C[C@@H]3[C@@H]4CC[C@]5(O)[C@@H](O[C@@H]6OC[C@@H](O)[C@H](O)[C@H]6O)[C@@H](O)[C@@H](O)[C@@H](O)[C@]5(C)[C@H]4CC[C@]3(C)[C@H]1[C@@H]2C. The van der Waals surface area contributed by atoms with Gasteiger partial charge in [0.15, 0.2) is 12.1 Å². The summed E-state index contributed by atoms with van der Waals surface area (Å²) in [6.07, 6.45) is -6.48. The van der Waals surface area contributed by atoms with Crippen LogP contribution < -0.4 is 0 Å². The molecule has 1 spiro atoms. The first-order chi connectivity index (χ1) is 20.2. The summed E-state index contributed by atoms with van der Waals surface area (Å²) in [5.74, 6) is 0.958. The Morgan fingerprint density at radius 3 is 2.23 bits per heavy atom. The van der Waals surface area contributed by atoms with E-state index in [4.69, 9.17) is 18.9 Å². The third-order valence-corrected chi connectivity index (χ3v) is 14.1. The van der Waals surface area contributed by atoms with Gasteiger partial charge in [0.05, 0.1) is 25.4 Å². The minimum absolute atomic E-state index is 0.0116. The zero-order valence-corrected chi connectivity index (χ0v) is 25.8. The Hall–Kier alpha value is -0.440. The summed E-state index contributed by atoms with van der Waals surface area (Å²) in [5.41, 5.74) is -2.97. The standard InChI is InChI=1S/C32H52O11/c1-14-5-10-32(41-12-14)15(2)21-20(43-32)11-18-16-6-9-31(39)27(42-28-25(37)22(34)19(33)13-40-28)24(36)23(35)26(38)30(31,4)17(16)7-8-29(18,21)3/h14-28,33-39H,5-13H2,1-4H3/t14-,15+,16-,17+,18-,19-,20+,21+,22+,23-,24+,25-,26-,27+,28+,29+,30+,31+,32-/m1/s1. The van der Waals surface area contributed by atoms with Crippen LogP contribution in [0.4, 0.5) is 0 Å². The summed E-state index contributed by atoms with van der Waals surface area (Å²) < 4.78 is 24.8. The Balaban J connectivity index is 1.16. The van der Waals surface area contributed by atoms with Gasteiger partial charge in [-0.2, -0.15) is 0 Å². The largest absolute Gasteiger partial charge is 0.390 e. The molecule has 4 aliphatic carbocycles. The Labute approximate surface area is 253 Å². The van der Waals surface area contributed by atoms with Gasteiger partial charge in [-0.05, 0) is 73.5 Å². The predicted molar refractivity (Wildman–Crippen MR) is 150 cm³/mol. The lowest BCUT2D eigenvalue weighted by molar-refractivity contribution is -0.369. The zero-order chi connectivity index (χ0) is 30.9. The lowest BCUT2D eigenvalue weighted by Gasteiger charge is -2.67. The average Bonchev–Trinajstić information content (AvgIpc) is 3.42. The molecule has 0 amide bonds. The maximum Gasteiger partial charge on any atom is 0.186 e. The minimum Gasteiger partial charge on any atom is -0.390 e. The van der Waals surface area contributed by atoms with Gasteiger partial charge in [0.2, 0.25) is 0 Å². The van der Waals surface area contributed by atoms with Gasteiger partial charge < -0.3 is 54.7 Å². The smallest absolute Gasteiger partial charge is 0.186 e. The average molecular weight is 613 g/mol. The molecular weight excluding hydrogens is 560 g/mol. The molecule has 7 rings (SSSR count). The molecule has 3 aliphatic heterocycles. The maximum atomic E-state index is 12.5.